The summed E-state index contributed by atoms with van der Waals surface area (Å²) in [6.45, 7) is 3.31. The average Bonchev–Trinajstić information content (AvgIpc) is 2.41. The van der Waals surface area contributed by atoms with E-state index >= 15 is 0 Å². The Labute approximate surface area is 222 Å². The normalized spacial score (nSPS) is 11.7. The SMILES string of the molecule is C=Cc1c(S(=O)(=O)O)c(S(=O)(=O)O)c(S(=O)(=O)O)c2ccccc12.[Na].[Na].[Na]. The van der Waals surface area contributed by atoms with Crippen LogP contribution in [0.25, 0.3) is 16.8 Å². The molecule has 9 nitrogen and oxygen atoms in total. The van der Waals surface area contributed by atoms with Crippen LogP contribution in [0.1, 0.15) is 5.56 Å². The van der Waals surface area contributed by atoms with Gasteiger partial charge in [0.05, 0.1) is 0 Å². The Bertz CT molecular complexity index is 1190. The summed E-state index contributed by atoms with van der Waals surface area (Å²) in [7, 11) is -16.1. The molecule has 0 saturated heterocycles. The fourth-order valence-corrected chi connectivity index (χ4v) is 5.95. The van der Waals surface area contributed by atoms with Gasteiger partial charge in [-0.2, -0.15) is 25.3 Å². The third-order valence-electron chi connectivity index (χ3n) is 3.10. The first-order valence-corrected chi connectivity index (χ1v) is 10.3. The third kappa shape index (κ3) is 6.32. The van der Waals surface area contributed by atoms with Crippen molar-refractivity contribution in [2.45, 2.75) is 14.7 Å². The summed E-state index contributed by atoms with van der Waals surface area (Å²) in [4.78, 5) is -4.41. The second-order valence-corrected chi connectivity index (χ2v) is 8.65. The van der Waals surface area contributed by atoms with Gasteiger partial charge >= 0.3 is 0 Å². The number of hydrogen-bond acceptors (Lipinski definition) is 6. The number of hydrogen-bond donors (Lipinski definition) is 3. The molecule has 0 fully saturated rings. The third-order valence-corrected chi connectivity index (χ3v) is 6.16. The standard InChI is InChI=1S/C12H10O9S3.3Na/c1-2-7-8-5-3-4-6-9(8)11(23(16,17)18)12(24(19,20)21)10(7)22(13,14)15;;;/h2-6H,1H2,(H,13,14,15)(H,16,17,18)(H,19,20,21);;;. The summed E-state index contributed by atoms with van der Waals surface area (Å²) in [5, 5.41) is -0.505. The molecule has 3 N–H and O–H groups in total. The van der Waals surface area contributed by atoms with Crippen molar-refractivity contribution in [1.29, 1.82) is 0 Å². The van der Waals surface area contributed by atoms with Gasteiger partial charge in [-0.05, 0) is 5.39 Å². The molecular formula is C12H10Na3O9S3. The molecule has 15 heteroatoms. The Kier molecular flexibility index (Phi) is 11.8. The summed E-state index contributed by atoms with van der Waals surface area (Å²) in [5.74, 6) is 0. The molecule has 2 aromatic carbocycles. The molecule has 0 atom stereocenters. The van der Waals surface area contributed by atoms with Gasteiger partial charge in [0.25, 0.3) is 30.4 Å². The average molecular weight is 463 g/mol. The van der Waals surface area contributed by atoms with E-state index < -0.39 is 50.6 Å². The molecule has 0 aliphatic rings. The van der Waals surface area contributed by atoms with E-state index in [0.717, 1.165) is 12.1 Å². The van der Waals surface area contributed by atoms with Crippen LogP contribution in [0.15, 0.2) is 45.5 Å². The van der Waals surface area contributed by atoms with E-state index in [1.165, 1.54) is 18.2 Å². The van der Waals surface area contributed by atoms with Gasteiger partial charge in [-0.3, -0.25) is 13.7 Å². The van der Waals surface area contributed by atoms with Gasteiger partial charge < -0.3 is 0 Å². The van der Waals surface area contributed by atoms with Crippen molar-refractivity contribution >= 4 is 136 Å². The second kappa shape index (κ2) is 10.5. The molecule has 0 aliphatic carbocycles. The monoisotopic (exact) mass is 463 g/mol. The molecule has 0 heterocycles. The van der Waals surface area contributed by atoms with Gasteiger partial charge in [0.15, 0.2) is 0 Å². The molecule has 3 radical (unpaired) electrons. The van der Waals surface area contributed by atoms with Crippen molar-refractivity contribution in [2.75, 3.05) is 0 Å². The summed E-state index contributed by atoms with van der Waals surface area (Å²) in [6, 6.07) is 4.99. The van der Waals surface area contributed by atoms with Crippen LogP contribution in [0.3, 0.4) is 0 Å². The molecule has 2 rings (SSSR count). The van der Waals surface area contributed by atoms with Gasteiger partial charge in [-0.25, -0.2) is 0 Å². The van der Waals surface area contributed by atoms with Gasteiger partial charge in [-0.1, -0.05) is 36.9 Å². The zero-order valence-electron chi connectivity index (χ0n) is 14.6. The second-order valence-electron chi connectivity index (χ2n) is 4.58. The van der Waals surface area contributed by atoms with Crippen LogP contribution in [0.2, 0.25) is 0 Å². The van der Waals surface area contributed by atoms with Crippen molar-refractivity contribution in [1.82, 2.24) is 0 Å². The van der Waals surface area contributed by atoms with Crippen molar-refractivity contribution in [3.05, 3.63) is 36.4 Å². The predicted octanol–water partition coefficient (Wildman–Crippen LogP) is 0.0805. The zero-order chi connectivity index (χ0) is 18.5. The van der Waals surface area contributed by atoms with Crippen molar-refractivity contribution < 1.29 is 38.9 Å². The molecule has 27 heavy (non-hydrogen) atoms. The minimum absolute atomic E-state index is 0. The Hall–Kier alpha value is 1.17. The molecule has 0 spiro atoms. The van der Waals surface area contributed by atoms with E-state index in [0.29, 0.717) is 0 Å². The van der Waals surface area contributed by atoms with Crippen LogP contribution in [0.5, 0.6) is 0 Å². The first-order valence-electron chi connectivity index (χ1n) is 5.93. The van der Waals surface area contributed by atoms with Crippen LogP contribution < -0.4 is 0 Å². The van der Waals surface area contributed by atoms with Crippen LogP contribution in [0.4, 0.5) is 0 Å². The van der Waals surface area contributed by atoms with Crippen LogP contribution >= 0.6 is 0 Å². The summed E-state index contributed by atoms with van der Waals surface area (Å²) < 4.78 is 98.0. The van der Waals surface area contributed by atoms with Crippen molar-refractivity contribution in [3.63, 3.8) is 0 Å². The van der Waals surface area contributed by atoms with Crippen LogP contribution in [0, 0.1) is 0 Å². The fraction of sp³-hybridized carbons (Fsp3) is 0. The van der Waals surface area contributed by atoms with Crippen LogP contribution in [-0.4, -0.2) is 128 Å². The van der Waals surface area contributed by atoms with Crippen LogP contribution in [-0.2, 0) is 30.4 Å². The molecular weight excluding hydrogens is 453 g/mol. The molecule has 0 aromatic heterocycles. The minimum atomic E-state index is -5.48. The van der Waals surface area contributed by atoms with Gasteiger partial charge in [0.1, 0.15) is 14.7 Å². The fourth-order valence-electron chi connectivity index (χ4n) is 2.34. The van der Waals surface area contributed by atoms with Crippen molar-refractivity contribution in [2.24, 2.45) is 0 Å². The minimum Gasteiger partial charge on any atom is -0.282 e. The molecule has 0 aliphatic heterocycles. The van der Waals surface area contributed by atoms with Gasteiger partial charge in [0.2, 0.25) is 0 Å². The summed E-state index contributed by atoms with van der Waals surface area (Å²) >= 11 is 0. The Morgan fingerprint density at radius 2 is 1.04 bits per heavy atom. The zero-order valence-corrected chi connectivity index (χ0v) is 23.1. The first-order chi connectivity index (χ1) is 10.8. The Morgan fingerprint density at radius 1 is 0.667 bits per heavy atom. The Morgan fingerprint density at radius 3 is 1.37 bits per heavy atom. The van der Waals surface area contributed by atoms with E-state index in [1.54, 1.807) is 0 Å². The van der Waals surface area contributed by atoms with Gasteiger partial charge in [-0.15, -0.1) is 0 Å². The molecule has 133 valence electrons. The first kappa shape index (κ1) is 30.4. The van der Waals surface area contributed by atoms with E-state index in [2.05, 4.69) is 6.58 Å². The predicted molar refractivity (Wildman–Crippen MR) is 101 cm³/mol. The maximum atomic E-state index is 11.7. The van der Waals surface area contributed by atoms with E-state index in [-0.39, 0.29) is 99.4 Å². The van der Waals surface area contributed by atoms with E-state index in [9.17, 15) is 38.9 Å². The van der Waals surface area contributed by atoms with E-state index in [4.69, 9.17) is 0 Å². The molecule has 0 saturated carbocycles. The number of rotatable bonds is 4. The topological polar surface area (TPSA) is 163 Å². The Balaban J connectivity index is 0. The maximum absolute atomic E-state index is 11.7. The smallest absolute Gasteiger partial charge is 0.282 e. The number of fused-ring (bicyclic) bond motifs is 1. The summed E-state index contributed by atoms with van der Waals surface area (Å²) in [5.41, 5.74) is -0.451. The molecule has 0 bridgehead atoms. The molecule has 0 amide bonds. The molecule has 0 unspecified atom stereocenters. The van der Waals surface area contributed by atoms with Gasteiger partial charge in [0, 0.05) is 99.6 Å². The number of benzene rings is 2. The molecule has 2 aromatic rings. The summed E-state index contributed by atoms with van der Waals surface area (Å²) in [6.07, 6.45) is 0.869. The largest absolute Gasteiger partial charge is 0.297 e. The maximum Gasteiger partial charge on any atom is 0.297 e. The van der Waals surface area contributed by atoms with E-state index in [1.807, 2.05) is 0 Å². The van der Waals surface area contributed by atoms with Crippen molar-refractivity contribution in [3.8, 4) is 0 Å². The quantitative estimate of drug-likeness (QED) is 0.421.